The summed E-state index contributed by atoms with van der Waals surface area (Å²) < 4.78 is 32.9. The summed E-state index contributed by atoms with van der Waals surface area (Å²) >= 11 is 6.05. The first-order valence-electron chi connectivity index (χ1n) is 8.54. The van der Waals surface area contributed by atoms with E-state index in [-0.39, 0.29) is 10.8 Å². The number of methoxy groups -OCH3 is 1. The molecule has 1 unspecified atom stereocenters. The van der Waals surface area contributed by atoms with Crippen molar-refractivity contribution in [3.05, 3.63) is 53.1 Å². The summed E-state index contributed by atoms with van der Waals surface area (Å²) in [6.07, 6.45) is 0.948. The molecule has 0 aliphatic carbocycles. The third-order valence-corrected chi connectivity index (χ3v) is 6.57. The summed E-state index contributed by atoms with van der Waals surface area (Å²) in [5.41, 5.74) is 1.98. The van der Waals surface area contributed by atoms with Gasteiger partial charge in [0.05, 0.1) is 12.0 Å². The van der Waals surface area contributed by atoms with E-state index < -0.39 is 10.0 Å². The fourth-order valence-electron chi connectivity index (χ4n) is 3.08. The van der Waals surface area contributed by atoms with E-state index in [1.165, 1.54) is 6.07 Å². The van der Waals surface area contributed by atoms with Crippen LogP contribution in [0.4, 0.5) is 5.69 Å². The predicted molar refractivity (Wildman–Crippen MR) is 105 cm³/mol. The van der Waals surface area contributed by atoms with Crippen molar-refractivity contribution in [3.63, 3.8) is 0 Å². The molecular formula is C19H23ClN2O3S. The minimum absolute atomic E-state index is 0.207. The number of sulfonamides is 1. The molecule has 1 aliphatic rings. The molecule has 140 valence electrons. The molecule has 1 aliphatic heterocycles. The van der Waals surface area contributed by atoms with Crippen molar-refractivity contribution < 1.29 is 13.2 Å². The topological polar surface area (TPSA) is 58.6 Å². The van der Waals surface area contributed by atoms with E-state index in [2.05, 4.69) is 9.62 Å². The van der Waals surface area contributed by atoms with Gasteiger partial charge in [0.15, 0.2) is 0 Å². The van der Waals surface area contributed by atoms with Crippen molar-refractivity contribution in [3.8, 4) is 5.75 Å². The Labute approximate surface area is 160 Å². The Morgan fingerprint density at radius 2 is 1.96 bits per heavy atom. The zero-order valence-electron chi connectivity index (χ0n) is 14.9. The Kier molecular flexibility index (Phi) is 5.75. The van der Waals surface area contributed by atoms with Gasteiger partial charge in [-0.05, 0) is 61.2 Å². The van der Waals surface area contributed by atoms with Gasteiger partial charge in [0, 0.05) is 30.3 Å². The second-order valence-electron chi connectivity index (χ2n) is 6.56. The Morgan fingerprint density at radius 3 is 2.62 bits per heavy atom. The number of anilines is 1. The molecule has 5 nitrogen and oxygen atoms in total. The number of nitrogens with zero attached hydrogens (tertiary/aromatic N) is 1. The number of rotatable bonds is 6. The number of ether oxygens (including phenoxy) is 1. The molecule has 0 radical (unpaired) electrons. The van der Waals surface area contributed by atoms with Gasteiger partial charge in [-0.15, -0.1) is 0 Å². The van der Waals surface area contributed by atoms with E-state index >= 15 is 0 Å². The van der Waals surface area contributed by atoms with Gasteiger partial charge in [0.1, 0.15) is 5.75 Å². The molecule has 1 heterocycles. The van der Waals surface area contributed by atoms with Crippen LogP contribution < -0.4 is 14.4 Å². The number of benzene rings is 2. The summed E-state index contributed by atoms with van der Waals surface area (Å²) in [6, 6.07) is 12.7. The molecule has 7 heteroatoms. The lowest BCUT2D eigenvalue weighted by Gasteiger charge is -2.19. The third kappa shape index (κ3) is 4.31. The molecule has 0 aromatic heterocycles. The number of aryl methyl sites for hydroxylation is 1. The van der Waals surface area contributed by atoms with Crippen molar-refractivity contribution in [1.82, 2.24) is 4.72 Å². The Balaban J connectivity index is 1.59. The molecule has 2 aromatic rings. The molecule has 0 amide bonds. The molecule has 3 rings (SSSR count). The van der Waals surface area contributed by atoms with Gasteiger partial charge in [0.25, 0.3) is 0 Å². The lowest BCUT2D eigenvalue weighted by Crippen LogP contribution is -2.31. The standard InChI is InChI=1S/C19H23ClN2O3S/c1-14-3-8-18(11-19(14)20)26(23,24)21-12-15-9-10-22(13-15)16-4-6-17(25-2)7-5-16/h3-8,11,15,21H,9-10,12-13H2,1-2H3. The maximum Gasteiger partial charge on any atom is 0.240 e. The van der Waals surface area contributed by atoms with Gasteiger partial charge >= 0.3 is 0 Å². The zero-order valence-corrected chi connectivity index (χ0v) is 16.5. The van der Waals surface area contributed by atoms with Gasteiger partial charge in [0.2, 0.25) is 10.0 Å². The highest BCUT2D eigenvalue weighted by atomic mass is 35.5. The van der Waals surface area contributed by atoms with Crippen molar-refractivity contribution in [2.75, 3.05) is 31.6 Å². The van der Waals surface area contributed by atoms with Crippen LogP contribution in [-0.2, 0) is 10.0 Å². The number of hydrogen-bond acceptors (Lipinski definition) is 4. The Morgan fingerprint density at radius 1 is 1.23 bits per heavy atom. The van der Waals surface area contributed by atoms with E-state index in [9.17, 15) is 8.42 Å². The third-order valence-electron chi connectivity index (χ3n) is 4.74. The number of hydrogen-bond donors (Lipinski definition) is 1. The van der Waals surface area contributed by atoms with Crippen LogP contribution in [0.25, 0.3) is 0 Å². The van der Waals surface area contributed by atoms with Crippen LogP contribution in [0, 0.1) is 12.8 Å². The summed E-state index contributed by atoms with van der Waals surface area (Å²) in [4.78, 5) is 2.47. The summed E-state index contributed by atoms with van der Waals surface area (Å²) in [5, 5.41) is 0.458. The first-order valence-corrected chi connectivity index (χ1v) is 10.4. The quantitative estimate of drug-likeness (QED) is 0.815. The van der Waals surface area contributed by atoms with Crippen molar-refractivity contribution in [2.24, 2.45) is 5.92 Å². The van der Waals surface area contributed by atoms with Crippen molar-refractivity contribution in [2.45, 2.75) is 18.2 Å². The minimum Gasteiger partial charge on any atom is -0.497 e. The van der Waals surface area contributed by atoms with E-state index in [0.717, 1.165) is 36.5 Å². The minimum atomic E-state index is -3.55. The second kappa shape index (κ2) is 7.86. The fourth-order valence-corrected chi connectivity index (χ4v) is 4.47. The highest BCUT2D eigenvalue weighted by Crippen LogP contribution is 2.26. The van der Waals surface area contributed by atoms with Gasteiger partial charge in [-0.1, -0.05) is 17.7 Å². The van der Waals surface area contributed by atoms with Crippen LogP contribution in [0.15, 0.2) is 47.4 Å². The smallest absolute Gasteiger partial charge is 0.240 e. The lowest BCUT2D eigenvalue weighted by molar-refractivity contribution is 0.415. The van der Waals surface area contributed by atoms with E-state index in [0.29, 0.717) is 11.6 Å². The van der Waals surface area contributed by atoms with Gasteiger partial charge in [-0.2, -0.15) is 0 Å². The molecule has 1 saturated heterocycles. The van der Waals surface area contributed by atoms with Crippen LogP contribution >= 0.6 is 11.6 Å². The molecule has 26 heavy (non-hydrogen) atoms. The zero-order chi connectivity index (χ0) is 18.7. The molecule has 0 spiro atoms. The number of nitrogens with one attached hydrogen (secondary N) is 1. The Bertz CT molecular complexity index is 869. The van der Waals surface area contributed by atoms with E-state index in [1.54, 1.807) is 19.2 Å². The normalized spacial score (nSPS) is 17.5. The molecular weight excluding hydrogens is 372 g/mol. The largest absolute Gasteiger partial charge is 0.497 e. The first kappa shape index (κ1) is 19.0. The highest BCUT2D eigenvalue weighted by molar-refractivity contribution is 7.89. The van der Waals surface area contributed by atoms with Gasteiger partial charge < -0.3 is 9.64 Å². The van der Waals surface area contributed by atoms with Gasteiger partial charge in [-0.3, -0.25) is 0 Å². The summed E-state index contributed by atoms with van der Waals surface area (Å²) in [7, 11) is -1.90. The molecule has 1 N–H and O–H groups in total. The molecule has 1 fully saturated rings. The van der Waals surface area contributed by atoms with E-state index in [1.807, 2.05) is 31.2 Å². The maximum absolute atomic E-state index is 12.5. The molecule has 0 bridgehead atoms. The molecule has 1 atom stereocenters. The van der Waals surface area contributed by atoms with Crippen LogP contribution in [0.3, 0.4) is 0 Å². The average Bonchev–Trinajstić information content (AvgIpc) is 3.11. The summed E-state index contributed by atoms with van der Waals surface area (Å²) in [5.74, 6) is 1.10. The highest BCUT2D eigenvalue weighted by Gasteiger charge is 2.25. The fraction of sp³-hybridized carbons (Fsp3) is 0.368. The average molecular weight is 395 g/mol. The van der Waals surface area contributed by atoms with Crippen LogP contribution in [0.2, 0.25) is 5.02 Å². The summed E-state index contributed by atoms with van der Waals surface area (Å²) in [6.45, 7) is 4.00. The lowest BCUT2D eigenvalue weighted by atomic mass is 10.1. The Hall–Kier alpha value is -1.76. The van der Waals surface area contributed by atoms with Crippen molar-refractivity contribution >= 4 is 27.3 Å². The monoisotopic (exact) mass is 394 g/mol. The first-order chi connectivity index (χ1) is 12.4. The van der Waals surface area contributed by atoms with Crippen molar-refractivity contribution in [1.29, 1.82) is 0 Å². The van der Waals surface area contributed by atoms with Gasteiger partial charge in [-0.25, -0.2) is 13.1 Å². The SMILES string of the molecule is COc1ccc(N2CCC(CNS(=O)(=O)c3ccc(C)c(Cl)c3)C2)cc1. The molecule has 2 aromatic carbocycles. The van der Waals surface area contributed by atoms with Crippen LogP contribution in [-0.4, -0.2) is 35.2 Å². The van der Waals surface area contributed by atoms with Crippen LogP contribution in [0.5, 0.6) is 5.75 Å². The predicted octanol–water partition coefficient (Wildman–Crippen LogP) is 3.46. The van der Waals surface area contributed by atoms with Crippen LogP contribution in [0.1, 0.15) is 12.0 Å². The van der Waals surface area contributed by atoms with E-state index in [4.69, 9.17) is 16.3 Å². The number of halogens is 1. The molecule has 0 saturated carbocycles. The second-order valence-corrected chi connectivity index (χ2v) is 8.74. The maximum atomic E-state index is 12.5.